The van der Waals surface area contributed by atoms with E-state index in [-0.39, 0.29) is 5.91 Å². The van der Waals surface area contributed by atoms with Gasteiger partial charge >= 0.3 is 0 Å². The van der Waals surface area contributed by atoms with Crippen molar-refractivity contribution in [2.24, 2.45) is 5.41 Å². The summed E-state index contributed by atoms with van der Waals surface area (Å²) in [6.07, 6.45) is 1.46. The van der Waals surface area contributed by atoms with Crippen LogP contribution in [-0.4, -0.2) is 26.1 Å². The molecule has 0 aliphatic carbocycles. The largest absolute Gasteiger partial charge is 0.339 e. The van der Waals surface area contributed by atoms with Crippen LogP contribution in [0, 0.1) is 5.41 Å². The van der Waals surface area contributed by atoms with Gasteiger partial charge in [-0.15, -0.1) is 0 Å². The van der Waals surface area contributed by atoms with E-state index in [4.69, 9.17) is 11.6 Å². The number of carbonyl (C=O) groups is 1. The maximum absolute atomic E-state index is 12.2. The number of aromatic amines is 1. The zero-order valence-corrected chi connectivity index (χ0v) is 17.6. The molecular weight excluding hydrogens is 400 g/mol. The molecule has 0 bridgehead atoms. The van der Waals surface area contributed by atoms with Gasteiger partial charge in [-0.2, -0.15) is 5.10 Å². The summed E-state index contributed by atoms with van der Waals surface area (Å²) in [7, 11) is 0. The highest BCUT2D eigenvalue weighted by Gasteiger charge is 2.21. The zero-order chi connectivity index (χ0) is 21.3. The number of nitrogens with one attached hydrogen (secondary N) is 3. The average Bonchev–Trinajstić information content (AvgIpc) is 3.13. The van der Waals surface area contributed by atoms with Crippen molar-refractivity contribution in [1.82, 2.24) is 20.2 Å². The Balaban J connectivity index is 1.67. The van der Waals surface area contributed by atoms with Crippen molar-refractivity contribution < 1.29 is 4.79 Å². The van der Waals surface area contributed by atoms with Crippen molar-refractivity contribution in [3.8, 4) is 11.3 Å². The average molecular weight is 421 g/mol. The van der Waals surface area contributed by atoms with Gasteiger partial charge in [-0.05, 0) is 30.3 Å². The van der Waals surface area contributed by atoms with Gasteiger partial charge < -0.3 is 10.6 Å². The van der Waals surface area contributed by atoms with E-state index in [2.05, 4.69) is 30.8 Å². The number of benzene rings is 2. The van der Waals surface area contributed by atoms with Crippen molar-refractivity contribution in [2.45, 2.75) is 20.8 Å². The van der Waals surface area contributed by atoms with Crippen LogP contribution < -0.4 is 10.6 Å². The number of anilines is 3. The molecule has 30 heavy (non-hydrogen) atoms. The highest BCUT2D eigenvalue weighted by Crippen LogP contribution is 2.32. The molecule has 8 heteroatoms. The number of H-pyrrole nitrogens is 1. The number of amides is 1. The zero-order valence-electron chi connectivity index (χ0n) is 16.8. The molecule has 2 aromatic carbocycles. The Kier molecular flexibility index (Phi) is 5.13. The molecule has 4 aromatic rings. The van der Waals surface area contributed by atoms with E-state index in [1.54, 1.807) is 0 Å². The van der Waals surface area contributed by atoms with Crippen molar-refractivity contribution in [3.05, 3.63) is 59.9 Å². The highest BCUT2D eigenvalue weighted by atomic mass is 35.5. The Morgan fingerprint density at radius 2 is 1.80 bits per heavy atom. The first kappa shape index (κ1) is 19.8. The Labute approximate surface area is 178 Å². The first-order valence-electron chi connectivity index (χ1n) is 9.45. The van der Waals surface area contributed by atoms with Crippen LogP contribution in [-0.2, 0) is 4.79 Å². The third kappa shape index (κ3) is 4.11. The maximum atomic E-state index is 12.2. The number of hydrogen-bond acceptors (Lipinski definition) is 5. The minimum absolute atomic E-state index is 0.0383. The van der Waals surface area contributed by atoms with Crippen LogP contribution in [0.3, 0.4) is 0 Å². The highest BCUT2D eigenvalue weighted by molar-refractivity contribution is 6.30. The molecule has 3 N–H and O–H groups in total. The molecule has 4 rings (SSSR count). The molecule has 0 aliphatic heterocycles. The van der Waals surface area contributed by atoms with Gasteiger partial charge in [0, 0.05) is 27.4 Å². The van der Waals surface area contributed by atoms with Crippen LogP contribution >= 0.6 is 11.6 Å². The van der Waals surface area contributed by atoms with Crippen LogP contribution in [0.25, 0.3) is 22.3 Å². The molecule has 1 amide bonds. The second kappa shape index (κ2) is 7.76. The lowest BCUT2D eigenvalue weighted by atomic mass is 9.95. The lowest BCUT2D eigenvalue weighted by Gasteiger charge is -2.17. The molecule has 0 fully saturated rings. The molecule has 0 radical (unpaired) electrons. The third-order valence-electron chi connectivity index (χ3n) is 4.55. The van der Waals surface area contributed by atoms with E-state index in [1.807, 2.05) is 69.3 Å². The van der Waals surface area contributed by atoms with E-state index >= 15 is 0 Å². The summed E-state index contributed by atoms with van der Waals surface area (Å²) in [6.45, 7) is 5.63. The summed E-state index contributed by atoms with van der Waals surface area (Å²) in [5, 5.41) is 15.0. The van der Waals surface area contributed by atoms with Crippen LogP contribution in [0.5, 0.6) is 0 Å². The fourth-order valence-electron chi connectivity index (χ4n) is 2.90. The predicted molar refractivity (Wildman–Crippen MR) is 120 cm³/mol. The summed E-state index contributed by atoms with van der Waals surface area (Å²) < 4.78 is 0. The van der Waals surface area contributed by atoms with E-state index in [1.165, 1.54) is 6.33 Å². The number of halogens is 1. The topological polar surface area (TPSA) is 95.6 Å². The minimum atomic E-state index is -0.462. The Morgan fingerprint density at radius 3 is 2.50 bits per heavy atom. The second-order valence-corrected chi connectivity index (χ2v) is 8.37. The van der Waals surface area contributed by atoms with Gasteiger partial charge in [0.15, 0.2) is 5.65 Å². The number of nitrogens with zero attached hydrogens (tertiary/aromatic N) is 3. The monoisotopic (exact) mass is 420 g/mol. The summed E-state index contributed by atoms with van der Waals surface area (Å²) in [4.78, 5) is 20.8. The summed E-state index contributed by atoms with van der Waals surface area (Å²) in [5.74, 6) is 0.583. The first-order valence-corrected chi connectivity index (χ1v) is 9.82. The van der Waals surface area contributed by atoms with Gasteiger partial charge in [0.2, 0.25) is 5.91 Å². The van der Waals surface area contributed by atoms with E-state index < -0.39 is 5.41 Å². The number of carbonyl (C=O) groups excluding carboxylic acids is 1. The molecular formula is C22H21ClN6O. The van der Waals surface area contributed by atoms with Crippen LogP contribution in [0.15, 0.2) is 54.9 Å². The predicted octanol–water partition coefficient (Wildman–Crippen LogP) is 5.40. The standard InChI is InChI=1S/C22H21ClN6O/c1-22(2,3)21(30)27-15-9-7-13(8-10-15)18-17-19(24-12-25-20(17)29-28-18)26-16-6-4-5-14(23)11-16/h4-12H,1-3H3,(H,27,30)(H2,24,25,26,28,29). The number of aromatic nitrogens is 4. The lowest BCUT2D eigenvalue weighted by molar-refractivity contribution is -0.123. The SMILES string of the molecule is CC(C)(C)C(=O)Nc1ccc(-c2[nH]nc3ncnc(Nc4cccc(Cl)c4)c23)cc1. The number of rotatable bonds is 4. The molecule has 0 unspecified atom stereocenters. The second-order valence-electron chi connectivity index (χ2n) is 7.94. The van der Waals surface area contributed by atoms with Gasteiger partial charge in [0.1, 0.15) is 12.1 Å². The molecule has 0 saturated carbocycles. The normalized spacial score (nSPS) is 11.5. The van der Waals surface area contributed by atoms with Gasteiger partial charge in [0.05, 0.1) is 11.1 Å². The van der Waals surface area contributed by atoms with Crippen LogP contribution in [0.1, 0.15) is 20.8 Å². The van der Waals surface area contributed by atoms with E-state index in [0.717, 1.165) is 28.0 Å². The van der Waals surface area contributed by atoms with Crippen molar-refractivity contribution in [3.63, 3.8) is 0 Å². The van der Waals surface area contributed by atoms with Crippen molar-refractivity contribution in [1.29, 1.82) is 0 Å². The fraction of sp³-hybridized carbons (Fsp3) is 0.182. The Hall–Kier alpha value is -3.45. The fourth-order valence-corrected chi connectivity index (χ4v) is 3.09. The quantitative estimate of drug-likeness (QED) is 0.410. The molecule has 7 nitrogen and oxygen atoms in total. The van der Waals surface area contributed by atoms with Gasteiger partial charge in [-0.25, -0.2) is 9.97 Å². The third-order valence-corrected chi connectivity index (χ3v) is 4.79. The lowest BCUT2D eigenvalue weighted by Crippen LogP contribution is -2.27. The van der Waals surface area contributed by atoms with E-state index in [0.29, 0.717) is 16.5 Å². The Bertz CT molecular complexity index is 1210. The molecule has 0 spiro atoms. The van der Waals surface area contributed by atoms with Gasteiger partial charge in [0.25, 0.3) is 0 Å². The first-order chi connectivity index (χ1) is 14.3. The Morgan fingerprint density at radius 1 is 1.03 bits per heavy atom. The summed E-state index contributed by atoms with van der Waals surface area (Å²) >= 11 is 6.09. The van der Waals surface area contributed by atoms with Crippen LogP contribution in [0.2, 0.25) is 5.02 Å². The molecule has 2 heterocycles. The molecule has 152 valence electrons. The van der Waals surface area contributed by atoms with Crippen molar-refractivity contribution in [2.75, 3.05) is 10.6 Å². The minimum Gasteiger partial charge on any atom is -0.339 e. The number of fused-ring (bicyclic) bond motifs is 1. The van der Waals surface area contributed by atoms with E-state index in [9.17, 15) is 4.79 Å². The smallest absolute Gasteiger partial charge is 0.229 e. The molecule has 2 aromatic heterocycles. The van der Waals surface area contributed by atoms with Crippen molar-refractivity contribution >= 4 is 45.7 Å². The van der Waals surface area contributed by atoms with Gasteiger partial charge in [-0.3, -0.25) is 9.89 Å². The summed E-state index contributed by atoms with van der Waals surface area (Å²) in [6, 6.07) is 15.0. The maximum Gasteiger partial charge on any atom is 0.229 e. The molecule has 0 saturated heterocycles. The molecule has 0 aliphatic rings. The van der Waals surface area contributed by atoms with Crippen LogP contribution in [0.4, 0.5) is 17.2 Å². The summed E-state index contributed by atoms with van der Waals surface area (Å²) in [5.41, 5.74) is 3.32. The van der Waals surface area contributed by atoms with Gasteiger partial charge in [-0.1, -0.05) is 50.6 Å². The molecule has 0 atom stereocenters. The number of hydrogen-bond donors (Lipinski definition) is 3.